The maximum Gasteiger partial charge on any atom is 0.341 e. The van der Waals surface area contributed by atoms with E-state index in [2.05, 4.69) is 5.32 Å². The molecule has 27 heavy (non-hydrogen) atoms. The van der Waals surface area contributed by atoms with Gasteiger partial charge in [0.2, 0.25) is 5.91 Å². The fraction of sp³-hybridized carbons (Fsp3) is 0.182. The second kappa shape index (κ2) is 8.18. The predicted molar refractivity (Wildman–Crippen MR) is 111 cm³/mol. The summed E-state index contributed by atoms with van der Waals surface area (Å²) in [5, 5.41) is 5.55. The van der Waals surface area contributed by atoms with Gasteiger partial charge in [0.25, 0.3) is 0 Å². The van der Waals surface area contributed by atoms with Gasteiger partial charge in [-0.3, -0.25) is 4.79 Å². The third-order valence-corrected chi connectivity index (χ3v) is 5.46. The molecule has 0 aliphatic carbocycles. The first-order chi connectivity index (χ1) is 13.0. The molecule has 0 fully saturated rings. The van der Waals surface area contributed by atoms with Crippen LogP contribution in [-0.2, 0) is 9.53 Å². The fourth-order valence-electron chi connectivity index (χ4n) is 2.88. The highest BCUT2D eigenvalue weighted by atomic mass is 32.1. The number of thiophene rings is 1. The molecule has 0 saturated carbocycles. The zero-order valence-electron chi connectivity index (χ0n) is 15.5. The Labute approximate surface area is 162 Å². The third-order valence-electron chi connectivity index (χ3n) is 4.34. The quantitative estimate of drug-likeness (QED) is 0.480. The number of esters is 1. The largest absolute Gasteiger partial charge is 0.462 e. The van der Waals surface area contributed by atoms with E-state index in [0.29, 0.717) is 17.2 Å². The third kappa shape index (κ3) is 4.09. The molecular formula is C22H21NO3S. The Bertz CT molecular complexity index is 1030. The van der Waals surface area contributed by atoms with Crippen LogP contribution in [0.15, 0.2) is 48.5 Å². The van der Waals surface area contributed by atoms with Crippen LogP contribution in [0.3, 0.4) is 0 Å². The van der Waals surface area contributed by atoms with Crippen molar-refractivity contribution < 1.29 is 14.3 Å². The number of aryl methyl sites for hydroxylation is 1. The van der Waals surface area contributed by atoms with Crippen LogP contribution in [0.4, 0.5) is 5.00 Å². The molecule has 0 atom stereocenters. The average molecular weight is 379 g/mol. The lowest BCUT2D eigenvalue weighted by Crippen LogP contribution is -2.12. The Morgan fingerprint density at radius 3 is 2.63 bits per heavy atom. The van der Waals surface area contributed by atoms with E-state index >= 15 is 0 Å². The van der Waals surface area contributed by atoms with Gasteiger partial charge in [0, 0.05) is 11.0 Å². The number of carbonyl (C=O) groups is 2. The molecule has 1 heterocycles. The van der Waals surface area contributed by atoms with Crippen LogP contribution in [0.25, 0.3) is 16.8 Å². The SMILES string of the molecule is CCOC(=O)c1c(NC(=O)/C=C/c2cccc3ccccc23)sc(C)c1C. The van der Waals surface area contributed by atoms with Crippen LogP contribution >= 0.6 is 11.3 Å². The second-order valence-corrected chi connectivity index (χ2v) is 7.32. The minimum Gasteiger partial charge on any atom is -0.462 e. The number of nitrogens with one attached hydrogen (secondary N) is 1. The molecule has 0 aliphatic heterocycles. The first kappa shape index (κ1) is 18.9. The van der Waals surface area contributed by atoms with Crippen LogP contribution in [0.2, 0.25) is 0 Å². The molecule has 0 saturated heterocycles. The Morgan fingerprint density at radius 1 is 1.11 bits per heavy atom. The summed E-state index contributed by atoms with van der Waals surface area (Å²) in [7, 11) is 0. The van der Waals surface area contributed by atoms with Crippen LogP contribution in [0, 0.1) is 13.8 Å². The van der Waals surface area contributed by atoms with Gasteiger partial charge in [-0.2, -0.15) is 0 Å². The minimum atomic E-state index is -0.410. The van der Waals surface area contributed by atoms with Gasteiger partial charge in [-0.25, -0.2) is 4.79 Å². The summed E-state index contributed by atoms with van der Waals surface area (Å²) in [6.45, 7) is 5.84. The van der Waals surface area contributed by atoms with Crippen molar-refractivity contribution >= 4 is 45.1 Å². The summed E-state index contributed by atoms with van der Waals surface area (Å²) in [4.78, 5) is 25.6. The molecule has 0 radical (unpaired) electrons. The van der Waals surface area contributed by atoms with Crippen LogP contribution in [-0.4, -0.2) is 18.5 Å². The van der Waals surface area contributed by atoms with Gasteiger partial charge in [-0.05, 0) is 48.7 Å². The molecule has 4 nitrogen and oxygen atoms in total. The number of fused-ring (bicyclic) bond motifs is 1. The molecule has 0 spiro atoms. The zero-order chi connectivity index (χ0) is 19.4. The number of benzene rings is 2. The Balaban J connectivity index is 1.83. The van der Waals surface area contributed by atoms with E-state index in [1.165, 1.54) is 17.4 Å². The second-order valence-electron chi connectivity index (χ2n) is 6.10. The molecule has 3 rings (SSSR count). The summed E-state index contributed by atoms with van der Waals surface area (Å²) in [6, 6.07) is 14.0. The molecule has 2 aromatic carbocycles. The van der Waals surface area contributed by atoms with E-state index in [0.717, 1.165) is 26.8 Å². The predicted octanol–water partition coefficient (Wildman–Crippen LogP) is 5.35. The Morgan fingerprint density at radius 2 is 1.85 bits per heavy atom. The van der Waals surface area contributed by atoms with Crippen molar-refractivity contribution in [2.45, 2.75) is 20.8 Å². The molecule has 0 bridgehead atoms. The lowest BCUT2D eigenvalue weighted by Gasteiger charge is -2.06. The maximum absolute atomic E-state index is 12.4. The lowest BCUT2D eigenvalue weighted by molar-refractivity contribution is -0.111. The highest BCUT2D eigenvalue weighted by Gasteiger charge is 2.21. The van der Waals surface area contributed by atoms with Gasteiger partial charge >= 0.3 is 5.97 Å². The monoisotopic (exact) mass is 379 g/mol. The number of ether oxygens (including phenoxy) is 1. The molecule has 0 aliphatic rings. The van der Waals surface area contributed by atoms with Crippen molar-refractivity contribution in [2.75, 3.05) is 11.9 Å². The van der Waals surface area contributed by atoms with Gasteiger partial charge < -0.3 is 10.1 Å². The number of hydrogen-bond donors (Lipinski definition) is 1. The van der Waals surface area contributed by atoms with Crippen molar-refractivity contribution in [1.82, 2.24) is 0 Å². The number of hydrogen-bond acceptors (Lipinski definition) is 4. The molecule has 1 amide bonds. The summed E-state index contributed by atoms with van der Waals surface area (Å²) in [6.07, 6.45) is 3.27. The van der Waals surface area contributed by atoms with E-state index in [1.54, 1.807) is 13.0 Å². The van der Waals surface area contributed by atoms with E-state index in [1.807, 2.05) is 56.3 Å². The van der Waals surface area contributed by atoms with Gasteiger partial charge in [-0.15, -0.1) is 11.3 Å². The van der Waals surface area contributed by atoms with Crippen LogP contribution < -0.4 is 5.32 Å². The van der Waals surface area contributed by atoms with Crippen LogP contribution in [0.5, 0.6) is 0 Å². The molecule has 5 heteroatoms. The standard InChI is InChI=1S/C22H21NO3S/c1-4-26-22(25)20-14(2)15(3)27-21(20)23-19(24)13-12-17-10-7-9-16-8-5-6-11-18(16)17/h5-13H,4H2,1-3H3,(H,23,24)/b13-12+. The first-order valence-electron chi connectivity index (χ1n) is 8.75. The summed E-state index contributed by atoms with van der Waals surface area (Å²) >= 11 is 1.38. The molecule has 3 aromatic rings. The van der Waals surface area contributed by atoms with Gasteiger partial charge in [0.15, 0.2) is 0 Å². The first-order valence-corrected chi connectivity index (χ1v) is 9.56. The molecule has 1 aromatic heterocycles. The number of rotatable bonds is 5. The Kier molecular flexibility index (Phi) is 5.72. The van der Waals surface area contributed by atoms with Crippen molar-refractivity contribution in [3.8, 4) is 0 Å². The highest BCUT2D eigenvalue weighted by molar-refractivity contribution is 7.16. The molecule has 138 valence electrons. The molecular weight excluding hydrogens is 358 g/mol. The molecule has 0 unspecified atom stereocenters. The average Bonchev–Trinajstić information content (AvgIpc) is 2.93. The maximum atomic E-state index is 12.4. The van der Waals surface area contributed by atoms with Crippen molar-refractivity contribution in [1.29, 1.82) is 0 Å². The van der Waals surface area contributed by atoms with Crippen LogP contribution in [0.1, 0.15) is 33.3 Å². The minimum absolute atomic E-state index is 0.283. The smallest absolute Gasteiger partial charge is 0.341 e. The van der Waals surface area contributed by atoms with Gasteiger partial charge in [0.1, 0.15) is 5.00 Å². The van der Waals surface area contributed by atoms with Crippen molar-refractivity contribution in [2.24, 2.45) is 0 Å². The summed E-state index contributed by atoms with van der Waals surface area (Å²) in [5.41, 5.74) is 2.24. The van der Waals surface area contributed by atoms with E-state index in [-0.39, 0.29) is 5.91 Å². The molecule has 1 N–H and O–H groups in total. The topological polar surface area (TPSA) is 55.4 Å². The van der Waals surface area contributed by atoms with Crippen molar-refractivity contribution in [3.05, 3.63) is 70.1 Å². The van der Waals surface area contributed by atoms with Gasteiger partial charge in [-0.1, -0.05) is 42.5 Å². The zero-order valence-corrected chi connectivity index (χ0v) is 16.4. The Hall–Kier alpha value is -2.92. The van der Waals surface area contributed by atoms with Gasteiger partial charge in [0.05, 0.1) is 12.2 Å². The lowest BCUT2D eigenvalue weighted by atomic mass is 10.0. The summed E-state index contributed by atoms with van der Waals surface area (Å²) in [5.74, 6) is -0.692. The van der Waals surface area contributed by atoms with E-state index in [9.17, 15) is 9.59 Å². The number of carbonyl (C=O) groups excluding carboxylic acids is 2. The summed E-state index contributed by atoms with van der Waals surface area (Å²) < 4.78 is 5.12. The number of amides is 1. The van der Waals surface area contributed by atoms with E-state index in [4.69, 9.17) is 4.74 Å². The normalized spacial score (nSPS) is 11.1. The highest BCUT2D eigenvalue weighted by Crippen LogP contribution is 2.33. The van der Waals surface area contributed by atoms with Crippen molar-refractivity contribution in [3.63, 3.8) is 0 Å². The number of anilines is 1. The van der Waals surface area contributed by atoms with E-state index < -0.39 is 5.97 Å². The fourth-order valence-corrected chi connectivity index (χ4v) is 3.93.